The van der Waals surface area contributed by atoms with E-state index in [-0.39, 0.29) is 0 Å². The summed E-state index contributed by atoms with van der Waals surface area (Å²) in [7, 11) is 0. The topological polar surface area (TPSA) is 28.2 Å². The van der Waals surface area contributed by atoms with Crippen molar-refractivity contribution in [1.82, 2.24) is 4.98 Å². The van der Waals surface area contributed by atoms with Gasteiger partial charge in [0.25, 0.3) is 0 Å². The zero-order valence-corrected chi connectivity index (χ0v) is 14.1. The summed E-state index contributed by atoms with van der Waals surface area (Å²) >= 11 is 12.7. The molecule has 1 N–H and O–H groups in total. The predicted molar refractivity (Wildman–Crippen MR) is 90.7 cm³/mol. The highest BCUT2D eigenvalue weighted by Gasteiger charge is 2.35. The second-order valence-electron chi connectivity index (χ2n) is 6.10. The lowest BCUT2D eigenvalue weighted by molar-refractivity contribution is 0.429. The molecule has 2 aliphatic rings. The lowest BCUT2D eigenvalue weighted by Gasteiger charge is -2.31. The van der Waals surface area contributed by atoms with Gasteiger partial charge in [-0.1, -0.05) is 36.0 Å². The molecule has 1 aromatic heterocycles. The average Bonchev–Trinajstić information content (AvgIpc) is 3.11. The van der Waals surface area contributed by atoms with Crippen molar-refractivity contribution < 1.29 is 0 Å². The second kappa shape index (κ2) is 6.62. The number of nitrogens with one attached hydrogen (secondary N) is 1. The molecule has 0 spiro atoms. The molecule has 21 heavy (non-hydrogen) atoms. The number of halogens is 2. The van der Waals surface area contributed by atoms with Gasteiger partial charge in [-0.15, -0.1) is 0 Å². The third kappa shape index (κ3) is 3.09. The largest absolute Gasteiger partial charge is 0.369 e. The van der Waals surface area contributed by atoms with Crippen LogP contribution in [0.5, 0.6) is 0 Å². The number of anilines is 2. The molecule has 0 aromatic carbocycles. The predicted octanol–water partition coefficient (Wildman–Crippen LogP) is 4.98. The van der Waals surface area contributed by atoms with E-state index in [9.17, 15) is 0 Å². The second-order valence-corrected chi connectivity index (χ2v) is 6.92. The van der Waals surface area contributed by atoms with Gasteiger partial charge in [0.05, 0.1) is 10.0 Å². The van der Waals surface area contributed by atoms with Crippen LogP contribution in [0.3, 0.4) is 0 Å². The molecule has 3 rings (SSSR count). The Labute approximate surface area is 137 Å². The van der Waals surface area contributed by atoms with Gasteiger partial charge in [-0.3, -0.25) is 0 Å². The van der Waals surface area contributed by atoms with E-state index in [1.165, 1.54) is 38.5 Å². The maximum Gasteiger partial charge on any atom is 0.150 e. The van der Waals surface area contributed by atoms with Gasteiger partial charge in [-0.05, 0) is 44.6 Å². The molecular formula is C16H23Cl2N3. The van der Waals surface area contributed by atoms with Crippen molar-refractivity contribution in [2.75, 3.05) is 23.3 Å². The molecule has 0 amide bonds. The van der Waals surface area contributed by atoms with Crippen LogP contribution in [0.1, 0.15) is 45.4 Å². The van der Waals surface area contributed by atoms with Gasteiger partial charge in [0.2, 0.25) is 0 Å². The van der Waals surface area contributed by atoms with E-state index < -0.39 is 0 Å². The fraction of sp³-hybridized carbons (Fsp3) is 0.688. The first-order valence-electron chi connectivity index (χ1n) is 8.07. The maximum absolute atomic E-state index is 6.44. The van der Waals surface area contributed by atoms with Gasteiger partial charge in [0.15, 0.2) is 0 Å². The van der Waals surface area contributed by atoms with Crippen LogP contribution in [0.2, 0.25) is 10.0 Å². The lowest BCUT2D eigenvalue weighted by Crippen LogP contribution is -2.35. The molecule has 116 valence electrons. The number of nitrogens with zero attached hydrogens (tertiary/aromatic N) is 2. The summed E-state index contributed by atoms with van der Waals surface area (Å²) in [6, 6.07) is 2.43. The first-order valence-corrected chi connectivity index (χ1v) is 8.83. The molecule has 1 unspecified atom stereocenters. The highest BCUT2D eigenvalue weighted by atomic mass is 35.5. The van der Waals surface area contributed by atoms with E-state index in [1.807, 2.05) is 13.0 Å². The van der Waals surface area contributed by atoms with Crippen LogP contribution in [-0.4, -0.2) is 24.1 Å². The Morgan fingerprint density at radius 3 is 2.67 bits per heavy atom. The van der Waals surface area contributed by atoms with Crippen LogP contribution >= 0.6 is 23.2 Å². The summed E-state index contributed by atoms with van der Waals surface area (Å²) in [5, 5.41) is 4.49. The first kappa shape index (κ1) is 15.2. The molecular weight excluding hydrogens is 305 g/mol. The Morgan fingerprint density at radius 1 is 1.19 bits per heavy atom. The van der Waals surface area contributed by atoms with Crippen molar-refractivity contribution >= 4 is 34.8 Å². The highest BCUT2D eigenvalue weighted by Crippen LogP contribution is 2.40. The SMILES string of the molecule is CCNc1nc(N2CCCC2C2CCCC2)c(Cl)cc1Cl. The highest BCUT2D eigenvalue weighted by molar-refractivity contribution is 6.37. The fourth-order valence-electron chi connectivity index (χ4n) is 3.84. The molecule has 1 atom stereocenters. The Hall–Kier alpha value is -0.670. The van der Waals surface area contributed by atoms with E-state index in [0.717, 1.165) is 30.6 Å². The van der Waals surface area contributed by atoms with Gasteiger partial charge >= 0.3 is 0 Å². The van der Waals surface area contributed by atoms with E-state index in [4.69, 9.17) is 28.2 Å². The Bertz CT molecular complexity index is 501. The Kier molecular flexibility index (Phi) is 4.80. The molecule has 1 aliphatic heterocycles. The molecule has 2 fully saturated rings. The molecule has 0 radical (unpaired) electrons. The van der Waals surface area contributed by atoms with Crippen molar-refractivity contribution in [3.8, 4) is 0 Å². The van der Waals surface area contributed by atoms with E-state index in [0.29, 0.717) is 16.1 Å². The summed E-state index contributed by atoms with van der Waals surface area (Å²) in [4.78, 5) is 7.14. The molecule has 1 saturated carbocycles. The van der Waals surface area contributed by atoms with Crippen LogP contribution in [0.4, 0.5) is 11.6 Å². The smallest absolute Gasteiger partial charge is 0.150 e. The summed E-state index contributed by atoms with van der Waals surface area (Å²) in [5.74, 6) is 2.46. The molecule has 1 saturated heterocycles. The zero-order valence-electron chi connectivity index (χ0n) is 12.5. The quantitative estimate of drug-likeness (QED) is 0.845. The summed E-state index contributed by atoms with van der Waals surface area (Å²) in [6.07, 6.45) is 7.96. The van der Waals surface area contributed by atoms with E-state index in [2.05, 4.69) is 10.2 Å². The fourth-order valence-corrected chi connectivity index (χ4v) is 4.37. The van der Waals surface area contributed by atoms with Gasteiger partial charge in [0, 0.05) is 19.1 Å². The molecule has 3 nitrogen and oxygen atoms in total. The molecule has 5 heteroatoms. The zero-order chi connectivity index (χ0) is 14.8. The lowest BCUT2D eigenvalue weighted by atomic mass is 9.96. The van der Waals surface area contributed by atoms with Crippen molar-refractivity contribution in [3.05, 3.63) is 16.1 Å². The van der Waals surface area contributed by atoms with Crippen molar-refractivity contribution in [3.63, 3.8) is 0 Å². The number of hydrogen-bond donors (Lipinski definition) is 1. The molecule has 1 aromatic rings. The molecule has 2 heterocycles. The molecule has 0 bridgehead atoms. The number of aromatic nitrogens is 1. The Morgan fingerprint density at radius 2 is 1.95 bits per heavy atom. The number of rotatable bonds is 4. The monoisotopic (exact) mass is 327 g/mol. The minimum absolute atomic E-state index is 0.599. The van der Waals surface area contributed by atoms with Crippen LogP contribution < -0.4 is 10.2 Å². The van der Waals surface area contributed by atoms with Gasteiger partial charge in [-0.25, -0.2) is 4.98 Å². The van der Waals surface area contributed by atoms with Crippen LogP contribution in [0, 0.1) is 5.92 Å². The van der Waals surface area contributed by atoms with Crippen molar-refractivity contribution in [2.24, 2.45) is 5.92 Å². The van der Waals surface area contributed by atoms with Crippen molar-refractivity contribution in [1.29, 1.82) is 0 Å². The standard InChI is InChI=1S/C16H23Cl2N3/c1-2-19-15-12(17)10-13(18)16(20-15)21-9-5-8-14(21)11-6-3-4-7-11/h10-11,14H,2-9H2,1H3,(H,19,20). The summed E-state index contributed by atoms with van der Waals surface area (Å²) in [5.41, 5.74) is 0. The van der Waals surface area contributed by atoms with Gasteiger partial charge < -0.3 is 10.2 Å². The maximum atomic E-state index is 6.44. The number of hydrogen-bond acceptors (Lipinski definition) is 3. The van der Waals surface area contributed by atoms with E-state index >= 15 is 0 Å². The first-order chi connectivity index (χ1) is 10.2. The third-order valence-corrected chi connectivity index (χ3v) is 5.34. The number of pyridine rings is 1. The average molecular weight is 328 g/mol. The summed E-state index contributed by atoms with van der Waals surface area (Å²) in [6.45, 7) is 3.91. The van der Waals surface area contributed by atoms with Crippen LogP contribution in [-0.2, 0) is 0 Å². The minimum atomic E-state index is 0.599. The van der Waals surface area contributed by atoms with Gasteiger partial charge in [0.1, 0.15) is 11.6 Å². The minimum Gasteiger partial charge on any atom is -0.369 e. The van der Waals surface area contributed by atoms with Crippen LogP contribution in [0.15, 0.2) is 6.07 Å². The normalized spacial score (nSPS) is 23.0. The summed E-state index contributed by atoms with van der Waals surface area (Å²) < 4.78 is 0. The van der Waals surface area contributed by atoms with Crippen LogP contribution in [0.25, 0.3) is 0 Å². The van der Waals surface area contributed by atoms with E-state index in [1.54, 1.807) is 0 Å². The van der Waals surface area contributed by atoms with Gasteiger partial charge in [-0.2, -0.15) is 0 Å². The molecule has 1 aliphatic carbocycles. The third-order valence-electron chi connectivity index (χ3n) is 4.77. The van der Waals surface area contributed by atoms with Crippen molar-refractivity contribution in [2.45, 2.75) is 51.5 Å². The Balaban J connectivity index is 1.89.